The van der Waals surface area contributed by atoms with E-state index in [9.17, 15) is 14.0 Å². The largest absolute Gasteiger partial charge is 0.340 e. The minimum absolute atomic E-state index is 0.118. The number of anilines is 1. The summed E-state index contributed by atoms with van der Waals surface area (Å²) in [6.07, 6.45) is 0. The molecule has 1 unspecified atom stereocenters. The molecule has 126 valence electrons. The Morgan fingerprint density at radius 1 is 1.04 bits per heavy atom. The fourth-order valence-corrected chi connectivity index (χ4v) is 2.33. The van der Waals surface area contributed by atoms with Crippen molar-refractivity contribution >= 4 is 17.5 Å². The first-order valence-corrected chi connectivity index (χ1v) is 7.81. The molecule has 0 heterocycles. The van der Waals surface area contributed by atoms with E-state index in [-0.39, 0.29) is 17.7 Å². The number of nitrogens with one attached hydrogen (secondary N) is 2. The lowest BCUT2D eigenvalue weighted by Crippen LogP contribution is -2.47. The van der Waals surface area contributed by atoms with Crippen molar-refractivity contribution in [2.75, 3.05) is 5.32 Å². The fourth-order valence-electron chi connectivity index (χ4n) is 2.33. The van der Waals surface area contributed by atoms with E-state index in [1.165, 1.54) is 18.2 Å². The van der Waals surface area contributed by atoms with Crippen LogP contribution in [0.2, 0.25) is 0 Å². The van der Waals surface area contributed by atoms with Crippen LogP contribution in [0.3, 0.4) is 0 Å². The van der Waals surface area contributed by atoms with Crippen LogP contribution < -0.4 is 10.6 Å². The van der Waals surface area contributed by atoms with Gasteiger partial charge in [-0.2, -0.15) is 0 Å². The molecule has 5 heteroatoms. The van der Waals surface area contributed by atoms with Gasteiger partial charge in [0.05, 0.1) is 0 Å². The number of rotatable bonds is 5. The zero-order chi connectivity index (χ0) is 17.7. The van der Waals surface area contributed by atoms with Crippen molar-refractivity contribution in [3.8, 4) is 0 Å². The van der Waals surface area contributed by atoms with Crippen molar-refractivity contribution in [1.82, 2.24) is 5.32 Å². The SMILES string of the molecule is Cc1cccc(C(=O)NC(C(=O)Nc2cccc(F)c2)C(C)C)c1. The average molecular weight is 328 g/mol. The van der Waals surface area contributed by atoms with E-state index in [1.54, 1.807) is 24.3 Å². The third-order valence-corrected chi connectivity index (χ3v) is 3.61. The molecule has 0 saturated carbocycles. The summed E-state index contributed by atoms with van der Waals surface area (Å²) in [6.45, 7) is 5.58. The topological polar surface area (TPSA) is 58.2 Å². The van der Waals surface area contributed by atoms with Gasteiger partial charge in [-0.25, -0.2) is 4.39 Å². The van der Waals surface area contributed by atoms with Gasteiger partial charge >= 0.3 is 0 Å². The van der Waals surface area contributed by atoms with E-state index in [1.807, 2.05) is 26.8 Å². The monoisotopic (exact) mass is 328 g/mol. The molecule has 2 amide bonds. The molecule has 2 aromatic carbocycles. The van der Waals surface area contributed by atoms with Crippen LogP contribution in [-0.4, -0.2) is 17.9 Å². The van der Waals surface area contributed by atoms with Gasteiger partial charge in [0.2, 0.25) is 5.91 Å². The van der Waals surface area contributed by atoms with E-state index >= 15 is 0 Å². The summed E-state index contributed by atoms with van der Waals surface area (Å²) in [6, 6.07) is 12.1. The number of amides is 2. The van der Waals surface area contributed by atoms with E-state index in [4.69, 9.17) is 0 Å². The van der Waals surface area contributed by atoms with Crippen LogP contribution in [0.15, 0.2) is 48.5 Å². The van der Waals surface area contributed by atoms with Gasteiger partial charge in [-0.3, -0.25) is 9.59 Å². The number of aryl methyl sites for hydroxylation is 1. The molecule has 0 aromatic heterocycles. The fraction of sp³-hybridized carbons (Fsp3) is 0.263. The third-order valence-electron chi connectivity index (χ3n) is 3.61. The number of carbonyl (C=O) groups is 2. The molecular formula is C19H21FN2O2. The zero-order valence-corrected chi connectivity index (χ0v) is 14.0. The molecule has 2 rings (SSSR count). The van der Waals surface area contributed by atoms with E-state index in [0.29, 0.717) is 11.3 Å². The molecule has 0 saturated heterocycles. The average Bonchev–Trinajstić information content (AvgIpc) is 2.52. The molecule has 0 spiro atoms. The predicted octanol–water partition coefficient (Wildman–Crippen LogP) is 3.53. The van der Waals surface area contributed by atoms with Crippen molar-refractivity contribution < 1.29 is 14.0 Å². The Morgan fingerprint density at radius 2 is 1.75 bits per heavy atom. The summed E-state index contributed by atoms with van der Waals surface area (Å²) >= 11 is 0. The molecule has 0 aliphatic carbocycles. The number of benzene rings is 2. The van der Waals surface area contributed by atoms with E-state index in [0.717, 1.165) is 5.56 Å². The highest BCUT2D eigenvalue weighted by atomic mass is 19.1. The van der Waals surface area contributed by atoms with Gasteiger partial charge in [-0.05, 0) is 43.2 Å². The first kappa shape index (κ1) is 17.7. The molecule has 0 aliphatic rings. The zero-order valence-electron chi connectivity index (χ0n) is 14.0. The van der Waals surface area contributed by atoms with Crippen LogP contribution in [0.4, 0.5) is 10.1 Å². The number of carbonyl (C=O) groups excluding carboxylic acids is 2. The van der Waals surface area contributed by atoms with Crippen LogP contribution >= 0.6 is 0 Å². The Kier molecular flexibility index (Phi) is 5.68. The van der Waals surface area contributed by atoms with Gasteiger partial charge in [0.15, 0.2) is 0 Å². The van der Waals surface area contributed by atoms with Crippen LogP contribution in [0.5, 0.6) is 0 Å². The molecule has 24 heavy (non-hydrogen) atoms. The summed E-state index contributed by atoms with van der Waals surface area (Å²) in [5, 5.41) is 5.39. The van der Waals surface area contributed by atoms with Crippen LogP contribution in [0, 0.1) is 18.7 Å². The van der Waals surface area contributed by atoms with Crippen molar-refractivity contribution in [2.45, 2.75) is 26.8 Å². The maximum atomic E-state index is 13.2. The van der Waals surface area contributed by atoms with Gasteiger partial charge in [-0.1, -0.05) is 37.6 Å². The Labute approximate surface area is 141 Å². The second-order valence-electron chi connectivity index (χ2n) is 6.06. The summed E-state index contributed by atoms with van der Waals surface area (Å²) in [5.41, 5.74) is 1.82. The van der Waals surface area contributed by atoms with Crippen molar-refractivity contribution in [3.05, 3.63) is 65.5 Å². The molecule has 2 N–H and O–H groups in total. The third kappa shape index (κ3) is 4.65. The van der Waals surface area contributed by atoms with Crippen molar-refractivity contribution in [2.24, 2.45) is 5.92 Å². The molecular weight excluding hydrogens is 307 g/mol. The minimum atomic E-state index is -0.721. The maximum Gasteiger partial charge on any atom is 0.251 e. The minimum Gasteiger partial charge on any atom is -0.340 e. The van der Waals surface area contributed by atoms with Gasteiger partial charge in [0, 0.05) is 11.3 Å². The van der Waals surface area contributed by atoms with Crippen LogP contribution in [0.1, 0.15) is 29.8 Å². The highest BCUT2D eigenvalue weighted by Gasteiger charge is 2.24. The van der Waals surface area contributed by atoms with Gasteiger partial charge in [0.1, 0.15) is 11.9 Å². The number of hydrogen-bond donors (Lipinski definition) is 2. The van der Waals surface area contributed by atoms with Crippen LogP contribution in [-0.2, 0) is 4.79 Å². The molecule has 1 atom stereocenters. The lowest BCUT2D eigenvalue weighted by atomic mass is 10.0. The molecule has 2 aromatic rings. The number of halogens is 1. The summed E-state index contributed by atoms with van der Waals surface area (Å²) in [5.74, 6) is -1.24. The Morgan fingerprint density at radius 3 is 2.38 bits per heavy atom. The first-order chi connectivity index (χ1) is 11.4. The Bertz CT molecular complexity index is 744. The van der Waals surface area contributed by atoms with Crippen molar-refractivity contribution in [1.29, 1.82) is 0 Å². The smallest absolute Gasteiger partial charge is 0.251 e. The first-order valence-electron chi connectivity index (χ1n) is 7.81. The van der Waals surface area contributed by atoms with E-state index in [2.05, 4.69) is 10.6 Å². The summed E-state index contributed by atoms with van der Waals surface area (Å²) < 4.78 is 13.2. The molecule has 0 aliphatic heterocycles. The van der Waals surface area contributed by atoms with Gasteiger partial charge in [-0.15, -0.1) is 0 Å². The van der Waals surface area contributed by atoms with Gasteiger partial charge < -0.3 is 10.6 Å². The maximum absolute atomic E-state index is 13.2. The molecule has 0 radical (unpaired) electrons. The molecule has 0 fully saturated rings. The lowest BCUT2D eigenvalue weighted by Gasteiger charge is -2.22. The quantitative estimate of drug-likeness (QED) is 0.882. The van der Waals surface area contributed by atoms with E-state index < -0.39 is 11.9 Å². The summed E-state index contributed by atoms with van der Waals surface area (Å²) in [7, 11) is 0. The molecule has 4 nitrogen and oxygen atoms in total. The standard InChI is InChI=1S/C19H21FN2O2/c1-12(2)17(19(24)21-16-9-5-8-15(20)11-16)22-18(23)14-7-4-6-13(3)10-14/h4-12,17H,1-3H3,(H,21,24)(H,22,23). The Balaban J connectivity index is 2.11. The lowest BCUT2D eigenvalue weighted by molar-refractivity contribution is -0.118. The second kappa shape index (κ2) is 7.73. The second-order valence-corrected chi connectivity index (χ2v) is 6.06. The highest BCUT2D eigenvalue weighted by molar-refractivity contribution is 6.01. The van der Waals surface area contributed by atoms with Crippen molar-refractivity contribution in [3.63, 3.8) is 0 Å². The van der Waals surface area contributed by atoms with Crippen LogP contribution in [0.25, 0.3) is 0 Å². The predicted molar refractivity (Wildman–Crippen MR) is 92.3 cm³/mol. The highest BCUT2D eigenvalue weighted by Crippen LogP contribution is 2.12. The normalized spacial score (nSPS) is 11.9. The summed E-state index contributed by atoms with van der Waals surface area (Å²) in [4.78, 5) is 24.8. The number of hydrogen-bond acceptors (Lipinski definition) is 2. The van der Waals surface area contributed by atoms with Gasteiger partial charge in [0.25, 0.3) is 5.91 Å². The molecule has 0 bridgehead atoms. The Hall–Kier alpha value is -2.69.